The Morgan fingerprint density at radius 1 is 1.08 bits per heavy atom. The number of carbonyl (C=O) groups is 2. The molecule has 1 heterocycles. The molecule has 0 spiro atoms. The SMILES string of the molecule is CCc1ccc(-c2ccc(C(=O)CC(SC(C)C)C(=O)O)nc2)cc1. The Morgan fingerprint density at radius 2 is 1.72 bits per heavy atom. The first-order chi connectivity index (χ1) is 11.9. The zero-order valence-corrected chi connectivity index (χ0v) is 15.5. The van der Waals surface area contributed by atoms with Crippen LogP contribution in [0.15, 0.2) is 42.6 Å². The molecular formula is C20H23NO3S. The molecule has 0 radical (unpaired) electrons. The molecule has 0 saturated heterocycles. The van der Waals surface area contributed by atoms with E-state index in [-0.39, 0.29) is 17.5 Å². The Hall–Kier alpha value is -2.14. The van der Waals surface area contributed by atoms with Crippen molar-refractivity contribution >= 4 is 23.5 Å². The van der Waals surface area contributed by atoms with Gasteiger partial charge in [0.2, 0.25) is 0 Å². The van der Waals surface area contributed by atoms with Gasteiger partial charge in [0.15, 0.2) is 5.78 Å². The van der Waals surface area contributed by atoms with Crippen LogP contribution in [-0.4, -0.2) is 32.3 Å². The molecular weight excluding hydrogens is 334 g/mol. The van der Waals surface area contributed by atoms with Gasteiger partial charge in [0.25, 0.3) is 0 Å². The Kier molecular flexibility index (Phi) is 6.76. The monoisotopic (exact) mass is 357 g/mol. The lowest BCUT2D eigenvalue weighted by atomic mass is 10.0. The largest absolute Gasteiger partial charge is 0.480 e. The van der Waals surface area contributed by atoms with Crippen LogP contribution in [0.2, 0.25) is 0 Å². The number of aliphatic carboxylic acids is 1. The van der Waals surface area contributed by atoms with E-state index >= 15 is 0 Å². The van der Waals surface area contributed by atoms with Crippen molar-refractivity contribution in [3.63, 3.8) is 0 Å². The second kappa shape index (κ2) is 8.81. The van der Waals surface area contributed by atoms with Crippen molar-refractivity contribution in [3.8, 4) is 11.1 Å². The first kappa shape index (κ1) is 19.2. The molecule has 0 amide bonds. The number of hydrogen-bond donors (Lipinski definition) is 1. The molecule has 5 heteroatoms. The van der Waals surface area contributed by atoms with E-state index in [9.17, 15) is 14.7 Å². The van der Waals surface area contributed by atoms with E-state index in [2.05, 4.69) is 24.0 Å². The molecule has 0 aliphatic rings. The van der Waals surface area contributed by atoms with Gasteiger partial charge < -0.3 is 5.11 Å². The van der Waals surface area contributed by atoms with Crippen molar-refractivity contribution in [2.75, 3.05) is 0 Å². The summed E-state index contributed by atoms with van der Waals surface area (Å²) in [7, 11) is 0. The molecule has 132 valence electrons. The highest BCUT2D eigenvalue weighted by Crippen LogP contribution is 2.23. The van der Waals surface area contributed by atoms with Crippen molar-refractivity contribution < 1.29 is 14.7 Å². The second-order valence-corrected chi connectivity index (χ2v) is 7.91. The van der Waals surface area contributed by atoms with Gasteiger partial charge >= 0.3 is 5.97 Å². The quantitative estimate of drug-likeness (QED) is 0.706. The van der Waals surface area contributed by atoms with Gasteiger partial charge in [-0.3, -0.25) is 14.6 Å². The molecule has 0 aliphatic carbocycles. The first-order valence-corrected chi connectivity index (χ1v) is 9.31. The summed E-state index contributed by atoms with van der Waals surface area (Å²) in [5, 5.41) is 8.67. The van der Waals surface area contributed by atoms with Gasteiger partial charge in [-0.05, 0) is 28.9 Å². The fourth-order valence-electron chi connectivity index (χ4n) is 2.46. The zero-order valence-electron chi connectivity index (χ0n) is 14.7. The third kappa shape index (κ3) is 5.43. The third-order valence-corrected chi connectivity index (χ3v) is 5.07. The number of hydrogen-bond acceptors (Lipinski definition) is 4. The Labute approximate surface area is 152 Å². The summed E-state index contributed by atoms with van der Waals surface area (Å²) in [5.41, 5.74) is 3.56. The van der Waals surface area contributed by atoms with Crippen LogP contribution in [0.1, 0.15) is 43.2 Å². The number of carbonyl (C=O) groups excluding carboxylic acids is 1. The molecule has 4 nitrogen and oxygen atoms in total. The lowest BCUT2D eigenvalue weighted by molar-refractivity contribution is -0.136. The number of aryl methyl sites for hydroxylation is 1. The fourth-order valence-corrected chi connectivity index (χ4v) is 3.48. The number of ketones is 1. The normalized spacial score (nSPS) is 12.2. The predicted octanol–water partition coefficient (Wildman–Crippen LogP) is 4.48. The molecule has 1 aromatic carbocycles. The Balaban J connectivity index is 2.09. The summed E-state index contributed by atoms with van der Waals surface area (Å²) in [6.45, 7) is 5.95. The van der Waals surface area contributed by atoms with Gasteiger partial charge in [-0.2, -0.15) is 0 Å². The van der Waals surface area contributed by atoms with Crippen molar-refractivity contribution in [1.82, 2.24) is 4.98 Å². The van der Waals surface area contributed by atoms with Crippen LogP contribution in [0.5, 0.6) is 0 Å². The molecule has 0 bridgehead atoms. The Morgan fingerprint density at radius 3 is 2.20 bits per heavy atom. The van der Waals surface area contributed by atoms with E-state index in [0.29, 0.717) is 5.69 Å². The summed E-state index contributed by atoms with van der Waals surface area (Å²) < 4.78 is 0. The number of carboxylic acids is 1. The number of carboxylic acid groups (broad SMARTS) is 1. The summed E-state index contributed by atoms with van der Waals surface area (Å²) in [5.74, 6) is -1.20. The maximum absolute atomic E-state index is 12.3. The lowest BCUT2D eigenvalue weighted by Gasteiger charge is -2.13. The van der Waals surface area contributed by atoms with Crippen molar-refractivity contribution in [2.24, 2.45) is 0 Å². The zero-order chi connectivity index (χ0) is 18.4. The third-order valence-electron chi connectivity index (χ3n) is 3.83. The number of nitrogens with zero attached hydrogens (tertiary/aromatic N) is 1. The summed E-state index contributed by atoms with van der Waals surface area (Å²) in [6, 6.07) is 11.8. The van der Waals surface area contributed by atoms with Gasteiger partial charge in [0, 0.05) is 18.2 Å². The van der Waals surface area contributed by atoms with E-state index < -0.39 is 11.2 Å². The van der Waals surface area contributed by atoms with Crippen molar-refractivity contribution in [3.05, 3.63) is 53.9 Å². The number of thioether (sulfide) groups is 1. The smallest absolute Gasteiger partial charge is 0.317 e. The number of rotatable bonds is 8. The van der Waals surface area contributed by atoms with E-state index in [4.69, 9.17) is 0 Å². The molecule has 1 N–H and O–H groups in total. The maximum Gasteiger partial charge on any atom is 0.317 e. The summed E-state index contributed by atoms with van der Waals surface area (Å²) in [6.07, 6.45) is 2.61. The molecule has 0 saturated carbocycles. The molecule has 2 aromatic rings. The van der Waals surface area contributed by atoms with Crippen LogP contribution < -0.4 is 0 Å². The molecule has 2 rings (SSSR count). The standard InChI is InChI=1S/C20H23NO3S/c1-4-14-5-7-15(8-6-14)16-9-10-17(21-12-16)18(22)11-19(20(23)24)25-13(2)3/h5-10,12-13,19H,4,11H2,1-3H3,(H,23,24). The summed E-state index contributed by atoms with van der Waals surface area (Å²) >= 11 is 1.29. The lowest BCUT2D eigenvalue weighted by Crippen LogP contribution is -2.22. The van der Waals surface area contributed by atoms with Gasteiger partial charge in [-0.1, -0.05) is 51.1 Å². The van der Waals surface area contributed by atoms with Gasteiger partial charge in [-0.15, -0.1) is 11.8 Å². The van der Waals surface area contributed by atoms with Gasteiger partial charge in [0.1, 0.15) is 10.9 Å². The molecule has 0 aliphatic heterocycles. The highest BCUT2D eigenvalue weighted by Gasteiger charge is 2.24. The van der Waals surface area contributed by atoms with E-state index in [1.54, 1.807) is 12.3 Å². The van der Waals surface area contributed by atoms with Crippen LogP contribution in [0.25, 0.3) is 11.1 Å². The fraction of sp³-hybridized carbons (Fsp3) is 0.350. The second-order valence-electron chi connectivity index (χ2n) is 6.12. The van der Waals surface area contributed by atoms with Gasteiger partial charge in [-0.25, -0.2) is 0 Å². The van der Waals surface area contributed by atoms with Crippen LogP contribution in [-0.2, 0) is 11.2 Å². The highest BCUT2D eigenvalue weighted by atomic mass is 32.2. The predicted molar refractivity (Wildman–Crippen MR) is 102 cm³/mol. The van der Waals surface area contributed by atoms with Crippen LogP contribution in [0, 0.1) is 0 Å². The van der Waals surface area contributed by atoms with E-state index in [1.807, 2.05) is 32.0 Å². The average Bonchev–Trinajstić information content (AvgIpc) is 2.61. The molecule has 25 heavy (non-hydrogen) atoms. The van der Waals surface area contributed by atoms with E-state index in [1.165, 1.54) is 17.3 Å². The number of benzene rings is 1. The van der Waals surface area contributed by atoms with E-state index in [0.717, 1.165) is 17.5 Å². The van der Waals surface area contributed by atoms with Crippen LogP contribution in [0.3, 0.4) is 0 Å². The topological polar surface area (TPSA) is 67.3 Å². The summed E-state index contributed by atoms with van der Waals surface area (Å²) in [4.78, 5) is 27.9. The van der Waals surface area contributed by atoms with Crippen molar-refractivity contribution in [2.45, 2.75) is 44.1 Å². The minimum Gasteiger partial charge on any atom is -0.480 e. The number of aromatic nitrogens is 1. The minimum atomic E-state index is -0.959. The Bertz CT molecular complexity index is 724. The highest BCUT2D eigenvalue weighted by molar-refractivity contribution is 8.01. The van der Waals surface area contributed by atoms with Gasteiger partial charge in [0.05, 0.1) is 0 Å². The average molecular weight is 357 g/mol. The molecule has 1 unspecified atom stereocenters. The molecule has 1 aromatic heterocycles. The van der Waals surface area contributed by atoms with Crippen LogP contribution >= 0.6 is 11.8 Å². The first-order valence-electron chi connectivity index (χ1n) is 8.37. The minimum absolute atomic E-state index is 0.0459. The van der Waals surface area contributed by atoms with Crippen molar-refractivity contribution in [1.29, 1.82) is 0 Å². The number of Topliss-reactive ketones (excluding diaryl/α,β-unsaturated/α-hetero) is 1. The number of pyridine rings is 1. The molecule has 1 atom stereocenters. The molecule has 0 fully saturated rings. The van der Waals surface area contributed by atoms with Crippen LogP contribution in [0.4, 0.5) is 0 Å². The maximum atomic E-state index is 12.3.